The smallest absolute Gasteiger partial charge is 0.231 e. The summed E-state index contributed by atoms with van der Waals surface area (Å²) >= 11 is 1.63. The zero-order valence-electron chi connectivity index (χ0n) is 12.2. The quantitative estimate of drug-likeness (QED) is 0.721. The van der Waals surface area contributed by atoms with Crippen molar-refractivity contribution in [3.8, 4) is 0 Å². The maximum absolute atomic E-state index is 12.8. The van der Waals surface area contributed by atoms with Crippen LogP contribution in [0.5, 0.6) is 0 Å². The van der Waals surface area contributed by atoms with E-state index >= 15 is 0 Å². The van der Waals surface area contributed by atoms with Gasteiger partial charge in [0.15, 0.2) is 0 Å². The van der Waals surface area contributed by atoms with Gasteiger partial charge in [0.2, 0.25) is 5.91 Å². The molecule has 22 heavy (non-hydrogen) atoms. The molecule has 0 spiro atoms. The zero-order chi connectivity index (χ0) is 14.9. The Morgan fingerprint density at radius 2 is 2.18 bits per heavy atom. The van der Waals surface area contributed by atoms with Crippen LogP contribution in [0.15, 0.2) is 47.3 Å². The van der Waals surface area contributed by atoms with E-state index in [0.29, 0.717) is 6.42 Å². The van der Waals surface area contributed by atoms with Crippen molar-refractivity contribution in [2.75, 3.05) is 11.4 Å². The van der Waals surface area contributed by atoms with Gasteiger partial charge in [0.25, 0.3) is 0 Å². The fraction of sp³-hybridized carbons (Fsp3) is 0.222. The fourth-order valence-electron chi connectivity index (χ4n) is 3.10. The van der Waals surface area contributed by atoms with Crippen LogP contribution < -0.4 is 4.90 Å². The fourth-order valence-corrected chi connectivity index (χ4v) is 3.77. The molecule has 0 saturated heterocycles. The number of fused-ring (bicyclic) bond motifs is 3. The monoisotopic (exact) mass is 308 g/mol. The topological polar surface area (TPSA) is 33.2 Å². The van der Waals surface area contributed by atoms with Crippen LogP contribution in [0, 0.1) is 0 Å². The van der Waals surface area contributed by atoms with Crippen molar-refractivity contribution in [3.63, 3.8) is 0 Å². The van der Waals surface area contributed by atoms with Crippen molar-refractivity contribution in [2.45, 2.75) is 19.3 Å². The first-order chi connectivity index (χ1) is 10.8. The molecule has 2 aromatic heterocycles. The summed E-state index contributed by atoms with van der Waals surface area (Å²) in [5.74, 6) is 0.164. The Kier molecular flexibility index (Phi) is 3.39. The van der Waals surface area contributed by atoms with Crippen LogP contribution in [-0.4, -0.2) is 17.4 Å². The van der Waals surface area contributed by atoms with Gasteiger partial charge >= 0.3 is 0 Å². The molecule has 3 aromatic rings. The van der Waals surface area contributed by atoms with Crippen LogP contribution in [0.1, 0.15) is 17.7 Å². The van der Waals surface area contributed by atoms with Gasteiger partial charge in [0.1, 0.15) is 0 Å². The molecule has 0 radical (unpaired) electrons. The summed E-state index contributed by atoms with van der Waals surface area (Å²) in [6.07, 6.45) is 4.31. The summed E-state index contributed by atoms with van der Waals surface area (Å²) in [7, 11) is 0. The number of aryl methyl sites for hydroxylation is 1. The van der Waals surface area contributed by atoms with Crippen LogP contribution in [0.3, 0.4) is 0 Å². The molecule has 1 aliphatic rings. The number of amides is 1. The van der Waals surface area contributed by atoms with Crippen molar-refractivity contribution in [1.82, 2.24) is 4.98 Å². The lowest BCUT2D eigenvalue weighted by Gasteiger charge is -2.30. The Hall–Kier alpha value is -2.20. The van der Waals surface area contributed by atoms with E-state index in [4.69, 9.17) is 0 Å². The van der Waals surface area contributed by atoms with Crippen molar-refractivity contribution < 1.29 is 4.79 Å². The number of pyridine rings is 1. The lowest BCUT2D eigenvalue weighted by atomic mass is 10.0. The second-order valence-corrected chi connectivity index (χ2v) is 6.38. The van der Waals surface area contributed by atoms with E-state index in [-0.39, 0.29) is 5.91 Å². The Bertz CT molecular complexity index is 826. The first-order valence-corrected chi connectivity index (χ1v) is 8.45. The molecule has 0 saturated carbocycles. The summed E-state index contributed by atoms with van der Waals surface area (Å²) in [4.78, 5) is 19.3. The molecule has 0 bridgehead atoms. The molecule has 0 atom stereocenters. The largest absolute Gasteiger partial charge is 0.310 e. The molecular formula is C18H16N2OS. The summed E-state index contributed by atoms with van der Waals surface area (Å²) in [6.45, 7) is 0.783. The van der Waals surface area contributed by atoms with E-state index in [1.165, 1.54) is 0 Å². The van der Waals surface area contributed by atoms with Crippen molar-refractivity contribution >= 4 is 33.7 Å². The van der Waals surface area contributed by atoms with Gasteiger partial charge in [-0.25, -0.2) is 0 Å². The standard InChI is InChI=1S/C18H16N2OS/c21-17(10-13-7-9-22-12-13)20-8-3-6-16-18(20)15-5-2-1-4-14(15)11-19-16/h1-2,4-5,7,9,11-12H,3,6,8,10H2. The van der Waals surface area contributed by atoms with E-state index in [0.717, 1.165) is 47.1 Å². The van der Waals surface area contributed by atoms with Gasteiger partial charge in [-0.15, -0.1) is 0 Å². The molecule has 0 fully saturated rings. The highest BCUT2D eigenvalue weighted by atomic mass is 32.1. The average Bonchev–Trinajstić information content (AvgIpc) is 3.07. The van der Waals surface area contributed by atoms with E-state index in [1.807, 2.05) is 40.1 Å². The maximum Gasteiger partial charge on any atom is 0.231 e. The molecule has 4 rings (SSSR count). The predicted molar refractivity (Wildman–Crippen MR) is 90.4 cm³/mol. The number of aromatic nitrogens is 1. The molecule has 1 aromatic carbocycles. The van der Waals surface area contributed by atoms with Crippen LogP contribution in [0.25, 0.3) is 10.8 Å². The minimum atomic E-state index is 0.164. The van der Waals surface area contributed by atoms with Crippen LogP contribution in [0.2, 0.25) is 0 Å². The number of hydrogen-bond donors (Lipinski definition) is 0. The highest BCUT2D eigenvalue weighted by molar-refractivity contribution is 7.08. The second-order valence-electron chi connectivity index (χ2n) is 5.60. The minimum Gasteiger partial charge on any atom is -0.310 e. The predicted octanol–water partition coefficient (Wildman–Crippen LogP) is 3.82. The van der Waals surface area contributed by atoms with Gasteiger partial charge in [-0.05, 0) is 35.2 Å². The van der Waals surface area contributed by atoms with E-state index in [2.05, 4.69) is 17.1 Å². The van der Waals surface area contributed by atoms with E-state index in [1.54, 1.807) is 11.3 Å². The number of thiophene rings is 1. The Morgan fingerprint density at radius 3 is 3.05 bits per heavy atom. The number of rotatable bonds is 2. The highest BCUT2D eigenvalue weighted by Gasteiger charge is 2.25. The molecule has 3 nitrogen and oxygen atoms in total. The zero-order valence-corrected chi connectivity index (χ0v) is 13.0. The molecule has 1 amide bonds. The van der Waals surface area contributed by atoms with Gasteiger partial charge < -0.3 is 4.90 Å². The molecule has 4 heteroatoms. The number of carbonyl (C=O) groups excluding carboxylic acids is 1. The Balaban J connectivity index is 1.77. The van der Waals surface area contributed by atoms with E-state index < -0.39 is 0 Å². The Labute approximate surface area is 133 Å². The maximum atomic E-state index is 12.8. The molecule has 110 valence electrons. The normalized spacial score (nSPS) is 14.1. The van der Waals surface area contributed by atoms with Gasteiger partial charge in [-0.1, -0.05) is 24.3 Å². The number of anilines is 1. The number of nitrogens with zero attached hydrogens (tertiary/aromatic N) is 2. The molecular weight excluding hydrogens is 292 g/mol. The van der Waals surface area contributed by atoms with Crippen LogP contribution in [-0.2, 0) is 17.6 Å². The highest BCUT2D eigenvalue weighted by Crippen LogP contribution is 2.33. The number of hydrogen-bond acceptors (Lipinski definition) is 3. The van der Waals surface area contributed by atoms with Crippen molar-refractivity contribution in [3.05, 3.63) is 58.5 Å². The van der Waals surface area contributed by atoms with Crippen LogP contribution >= 0.6 is 11.3 Å². The van der Waals surface area contributed by atoms with Crippen molar-refractivity contribution in [2.24, 2.45) is 0 Å². The number of benzene rings is 1. The van der Waals surface area contributed by atoms with Crippen molar-refractivity contribution in [1.29, 1.82) is 0 Å². The minimum absolute atomic E-state index is 0.164. The SMILES string of the molecule is O=C(Cc1ccsc1)N1CCCc2ncc3ccccc3c21. The third-order valence-electron chi connectivity index (χ3n) is 4.15. The van der Waals surface area contributed by atoms with Gasteiger partial charge in [0, 0.05) is 23.5 Å². The third kappa shape index (κ3) is 2.29. The average molecular weight is 308 g/mol. The molecule has 0 aliphatic carbocycles. The summed E-state index contributed by atoms with van der Waals surface area (Å²) in [5.41, 5.74) is 3.16. The van der Waals surface area contributed by atoms with Crippen LogP contribution in [0.4, 0.5) is 5.69 Å². The molecule has 0 unspecified atom stereocenters. The molecule has 3 heterocycles. The van der Waals surface area contributed by atoms with Gasteiger partial charge in [-0.3, -0.25) is 9.78 Å². The first-order valence-electron chi connectivity index (χ1n) is 7.51. The third-order valence-corrected chi connectivity index (χ3v) is 4.88. The Morgan fingerprint density at radius 1 is 1.27 bits per heavy atom. The molecule has 0 N–H and O–H groups in total. The summed E-state index contributed by atoms with van der Waals surface area (Å²) < 4.78 is 0. The lowest BCUT2D eigenvalue weighted by Crippen LogP contribution is -2.37. The summed E-state index contributed by atoms with van der Waals surface area (Å²) in [6, 6.07) is 10.2. The van der Waals surface area contributed by atoms with Gasteiger partial charge in [0.05, 0.1) is 17.8 Å². The summed E-state index contributed by atoms with van der Waals surface area (Å²) in [5, 5.41) is 6.29. The second kappa shape index (κ2) is 5.54. The first kappa shape index (κ1) is 13.5. The molecule has 1 aliphatic heterocycles. The number of carbonyl (C=O) groups is 1. The van der Waals surface area contributed by atoms with Gasteiger partial charge in [-0.2, -0.15) is 11.3 Å². The van der Waals surface area contributed by atoms with E-state index in [9.17, 15) is 4.79 Å². The lowest BCUT2D eigenvalue weighted by molar-refractivity contribution is -0.118.